The third-order valence-corrected chi connectivity index (χ3v) is 4.06. The average molecular weight is 374 g/mol. The van der Waals surface area contributed by atoms with Gasteiger partial charge in [0.1, 0.15) is 0 Å². The molecule has 0 atom stereocenters. The fourth-order valence-corrected chi connectivity index (χ4v) is 2.63. The molecule has 0 spiro atoms. The highest BCUT2D eigenvalue weighted by Crippen LogP contribution is 2.28. The first-order valence-corrected chi connectivity index (χ1v) is 8.50. The second-order valence-electron chi connectivity index (χ2n) is 5.83. The third-order valence-electron chi connectivity index (χ3n) is 4.06. The summed E-state index contributed by atoms with van der Waals surface area (Å²) in [6, 6.07) is 21.3. The van der Waals surface area contributed by atoms with E-state index in [0.717, 1.165) is 11.3 Å². The van der Waals surface area contributed by atoms with E-state index in [2.05, 4.69) is 10.2 Å². The molecule has 3 rings (SSSR count). The van der Waals surface area contributed by atoms with Crippen molar-refractivity contribution in [3.05, 3.63) is 83.9 Å². The summed E-state index contributed by atoms with van der Waals surface area (Å²) in [4.78, 5) is 24.0. The van der Waals surface area contributed by atoms with Crippen LogP contribution in [0.5, 0.6) is 0 Å². The van der Waals surface area contributed by atoms with E-state index in [0.29, 0.717) is 22.4 Å². The standard InChI is InChI=1S/C22H18N2O4/c1-27-21(25)16-10-13-19(22(26)28-2)20(14-16)15-8-11-18(12-9-15)24-23-17-6-4-3-5-7-17/h3-14H,1-2H3/b24-23+. The Labute approximate surface area is 162 Å². The predicted octanol–water partition coefficient (Wildman–Crippen LogP) is 5.34. The first-order chi connectivity index (χ1) is 13.6. The van der Waals surface area contributed by atoms with Crippen LogP contribution in [0.25, 0.3) is 11.1 Å². The van der Waals surface area contributed by atoms with Crippen LogP contribution in [-0.4, -0.2) is 26.2 Å². The van der Waals surface area contributed by atoms with Crippen LogP contribution in [0.4, 0.5) is 11.4 Å². The van der Waals surface area contributed by atoms with E-state index in [1.54, 1.807) is 24.3 Å². The monoisotopic (exact) mass is 374 g/mol. The molecule has 0 heterocycles. The molecule has 0 saturated heterocycles. The molecule has 0 bridgehead atoms. The van der Waals surface area contributed by atoms with Gasteiger partial charge in [0.25, 0.3) is 0 Å². The van der Waals surface area contributed by atoms with Crippen LogP contribution in [0.2, 0.25) is 0 Å². The van der Waals surface area contributed by atoms with Gasteiger partial charge in [-0.25, -0.2) is 9.59 Å². The Morgan fingerprint density at radius 3 is 1.93 bits per heavy atom. The Bertz CT molecular complexity index is 1010. The van der Waals surface area contributed by atoms with Gasteiger partial charge in [-0.3, -0.25) is 0 Å². The number of benzene rings is 3. The molecule has 3 aromatic carbocycles. The summed E-state index contributed by atoms with van der Waals surface area (Å²) in [6.07, 6.45) is 0. The van der Waals surface area contributed by atoms with E-state index < -0.39 is 11.9 Å². The fourth-order valence-electron chi connectivity index (χ4n) is 2.63. The van der Waals surface area contributed by atoms with Gasteiger partial charge in [-0.15, -0.1) is 0 Å². The highest BCUT2D eigenvalue weighted by molar-refractivity contribution is 6.00. The van der Waals surface area contributed by atoms with Crippen molar-refractivity contribution in [2.75, 3.05) is 14.2 Å². The highest BCUT2D eigenvalue weighted by atomic mass is 16.5. The summed E-state index contributed by atoms with van der Waals surface area (Å²) in [5.74, 6) is -0.967. The van der Waals surface area contributed by atoms with E-state index in [4.69, 9.17) is 9.47 Å². The fraction of sp³-hybridized carbons (Fsp3) is 0.0909. The number of hydrogen-bond acceptors (Lipinski definition) is 6. The van der Waals surface area contributed by atoms with Crippen LogP contribution in [0, 0.1) is 0 Å². The number of carbonyl (C=O) groups excluding carboxylic acids is 2. The number of hydrogen-bond donors (Lipinski definition) is 0. The topological polar surface area (TPSA) is 77.3 Å². The molecule has 6 heteroatoms. The molecule has 0 saturated carbocycles. The van der Waals surface area contributed by atoms with Gasteiger partial charge >= 0.3 is 11.9 Å². The van der Waals surface area contributed by atoms with Crippen molar-refractivity contribution >= 4 is 23.3 Å². The maximum atomic E-state index is 12.1. The third kappa shape index (κ3) is 4.29. The van der Waals surface area contributed by atoms with Crippen LogP contribution in [0.3, 0.4) is 0 Å². The van der Waals surface area contributed by atoms with Crippen molar-refractivity contribution in [1.82, 2.24) is 0 Å². The summed E-state index contributed by atoms with van der Waals surface area (Å²) in [7, 11) is 2.62. The maximum Gasteiger partial charge on any atom is 0.338 e. The lowest BCUT2D eigenvalue weighted by molar-refractivity contribution is 0.0587. The summed E-state index contributed by atoms with van der Waals surface area (Å²) in [5.41, 5.74) is 3.43. The van der Waals surface area contributed by atoms with E-state index >= 15 is 0 Å². The molecule has 0 fully saturated rings. The van der Waals surface area contributed by atoms with Crippen LogP contribution in [0.1, 0.15) is 20.7 Å². The summed E-state index contributed by atoms with van der Waals surface area (Å²) in [6.45, 7) is 0. The normalized spacial score (nSPS) is 10.6. The molecule has 0 N–H and O–H groups in total. The van der Waals surface area contributed by atoms with Crippen molar-refractivity contribution < 1.29 is 19.1 Å². The molecule has 0 aliphatic rings. The van der Waals surface area contributed by atoms with Gasteiger partial charge in [-0.2, -0.15) is 10.2 Å². The second-order valence-corrected chi connectivity index (χ2v) is 5.83. The largest absolute Gasteiger partial charge is 0.465 e. The maximum absolute atomic E-state index is 12.1. The number of azo groups is 1. The number of ether oxygens (including phenoxy) is 2. The lowest BCUT2D eigenvalue weighted by Crippen LogP contribution is -2.07. The zero-order valence-electron chi connectivity index (χ0n) is 15.5. The quantitative estimate of drug-likeness (QED) is 0.446. The summed E-state index contributed by atoms with van der Waals surface area (Å²) in [5, 5.41) is 8.38. The molecular weight excluding hydrogens is 356 g/mol. The van der Waals surface area contributed by atoms with Crippen LogP contribution >= 0.6 is 0 Å². The lowest BCUT2D eigenvalue weighted by atomic mass is 9.97. The van der Waals surface area contributed by atoms with Crippen LogP contribution in [-0.2, 0) is 9.47 Å². The molecule has 140 valence electrons. The smallest absolute Gasteiger partial charge is 0.338 e. The van der Waals surface area contributed by atoms with E-state index in [9.17, 15) is 9.59 Å². The number of rotatable bonds is 5. The van der Waals surface area contributed by atoms with E-state index in [1.165, 1.54) is 20.3 Å². The molecule has 0 radical (unpaired) electrons. The van der Waals surface area contributed by atoms with Gasteiger partial charge in [0.2, 0.25) is 0 Å². The van der Waals surface area contributed by atoms with Gasteiger partial charge in [0.15, 0.2) is 0 Å². The van der Waals surface area contributed by atoms with Gasteiger partial charge in [-0.1, -0.05) is 30.3 Å². The number of methoxy groups -OCH3 is 2. The zero-order chi connectivity index (χ0) is 19.9. The summed E-state index contributed by atoms with van der Waals surface area (Å²) >= 11 is 0. The SMILES string of the molecule is COC(=O)c1ccc(C(=O)OC)c(-c2ccc(/N=N/c3ccccc3)cc2)c1. The molecule has 0 aliphatic heterocycles. The summed E-state index contributed by atoms with van der Waals surface area (Å²) < 4.78 is 9.61. The molecule has 0 aromatic heterocycles. The highest BCUT2D eigenvalue weighted by Gasteiger charge is 2.16. The Hall–Kier alpha value is -3.80. The Morgan fingerprint density at radius 2 is 1.32 bits per heavy atom. The Balaban J connectivity index is 1.94. The van der Waals surface area contributed by atoms with Crippen molar-refractivity contribution in [2.45, 2.75) is 0 Å². The number of carbonyl (C=O) groups is 2. The first-order valence-electron chi connectivity index (χ1n) is 8.50. The second kappa shape index (κ2) is 8.73. The van der Waals surface area contributed by atoms with Crippen molar-refractivity contribution in [3.8, 4) is 11.1 Å². The van der Waals surface area contributed by atoms with E-state index in [-0.39, 0.29) is 0 Å². The predicted molar refractivity (Wildman–Crippen MR) is 105 cm³/mol. The minimum Gasteiger partial charge on any atom is -0.465 e. The van der Waals surface area contributed by atoms with E-state index in [1.807, 2.05) is 42.5 Å². The first kappa shape index (κ1) is 19.0. The van der Waals surface area contributed by atoms with Crippen LogP contribution < -0.4 is 0 Å². The van der Waals surface area contributed by atoms with Crippen LogP contribution in [0.15, 0.2) is 83.0 Å². The number of esters is 2. The molecular formula is C22H18N2O4. The lowest BCUT2D eigenvalue weighted by Gasteiger charge is -2.10. The van der Waals surface area contributed by atoms with Gasteiger partial charge in [-0.05, 0) is 53.6 Å². The van der Waals surface area contributed by atoms with Crippen molar-refractivity contribution in [2.24, 2.45) is 10.2 Å². The molecule has 28 heavy (non-hydrogen) atoms. The average Bonchev–Trinajstić information content (AvgIpc) is 2.77. The molecule has 3 aromatic rings. The van der Waals surface area contributed by atoms with Gasteiger partial charge in [0.05, 0.1) is 36.7 Å². The minimum atomic E-state index is -0.487. The Kier molecular flexibility index (Phi) is 5.91. The zero-order valence-corrected chi connectivity index (χ0v) is 15.5. The molecule has 0 unspecified atom stereocenters. The minimum absolute atomic E-state index is 0.345. The van der Waals surface area contributed by atoms with Crippen molar-refractivity contribution in [1.29, 1.82) is 0 Å². The Morgan fingerprint density at radius 1 is 0.714 bits per heavy atom. The van der Waals surface area contributed by atoms with Gasteiger partial charge in [0, 0.05) is 0 Å². The number of nitrogens with zero attached hydrogens (tertiary/aromatic N) is 2. The molecule has 6 nitrogen and oxygen atoms in total. The molecule has 0 aliphatic carbocycles. The molecule has 0 amide bonds. The van der Waals surface area contributed by atoms with Gasteiger partial charge < -0.3 is 9.47 Å². The van der Waals surface area contributed by atoms with Crippen molar-refractivity contribution in [3.63, 3.8) is 0 Å².